The van der Waals surface area contributed by atoms with Gasteiger partial charge in [0, 0.05) is 12.1 Å². The van der Waals surface area contributed by atoms with Crippen LogP contribution in [0.15, 0.2) is 53.1 Å². The first-order valence-electron chi connectivity index (χ1n) is 8.80. The fourth-order valence-electron chi connectivity index (χ4n) is 3.46. The van der Waals surface area contributed by atoms with E-state index in [-0.39, 0.29) is 25.2 Å². The molecule has 0 spiro atoms. The quantitative estimate of drug-likeness (QED) is 0.807. The summed E-state index contributed by atoms with van der Waals surface area (Å²) in [5, 5.41) is 0. The molecule has 2 aromatic rings. The molecule has 6 heteroatoms. The summed E-state index contributed by atoms with van der Waals surface area (Å²) in [6.07, 6.45) is 4.51. The smallest absolute Gasteiger partial charge is 0.476 e. The molecule has 2 aliphatic rings. The number of nitrogens with zero attached hydrogens (tertiary/aromatic N) is 1. The van der Waals surface area contributed by atoms with Crippen LogP contribution in [-0.2, 0) is 9.31 Å². The lowest BCUT2D eigenvalue weighted by Gasteiger charge is -2.33. The maximum Gasteiger partial charge on any atom is 0.477 e. The first-order chi connectivity index (χ1) is 11.9. The van der Waals surface area contributed by atoms with Crippen molar-refractivity contribution in [3.05, 3.63) is 54.2 Å². The number of hydrogen-bond acceptors (Lipinski definition) is 4. The topological polar surface area (TPSA) is 34.8 Å². The van der Waals surface area contributed by atoms with E-state index >= 15 is 0 Å². The van der Waals surface area contributed by atoms with Crippen molar-refractivity contribution in [1.82, 2.24) is 0 Å². The van der Waals surface area contributed by atoms with Crippen LogP contribution in [-0.4, -0.2) is 31.6 Å². The molecule has 4 nitrogen and oxygen atoms in total. The molecule has 0 N–H and O–H groups in total. The van der Waals surface area contributed by atoms with Crippen LogP contribution in [0.4, 0.5) is 5.69 Å². The van der Waals surface area contributed by atoms with Gasteiger partial charge in [-0.3, -0.25) is 0 Å². The molecule has 25 heavy (non-hydrogen) atoms. The molecular weight excluding hydrogens is 312 g/mol. The van der Waals surface area contributed by atoms with Crippen LogP contribution >= 0.6 is 0 Å². The van der Waals surface area contributed by atoms with Gasteiger partial charge < -0.3 is 18.5 Å². The second-order valence-electron chi connectivity index (χ2n) is 7.72. The SMILES string of the molecule is CC1(C)OB(CN2B(c3ccco3)C=Cc3ccccc32)OC1(C)C. The summed E-state index contributed by atoms with van der Waals surface area (Å²) in [4.78, 5) is 2.30. The van der Waals surface area contributed by atoms with Gasteiger partial charge in [0.1, 0.15) is 0 Å². The van der Waals surface area contributed by atoms with Crippen molar-refractivity contribution in [1.29, 1.82) is 0 Å². The van der Waals surface area contributed by atoms with Gasteiger partial charge in [-0.2, -0.15) is 0 Å². The van der Waals surface area contributed by atoms with Crippen molar-refractivity contribution < 1.29 is 13.7 Å². The van der Waals surface area contributed by atoms with Crippen molar-refractivity contribution in [2.24, 2.45) is 0 Å². The molecule has 0 saturated carbocycles. The zero-order valence-electron chi connectivity index (χ0n) is 15.2. The van der Waals surface area contributed by atoms with E-state index in [1.54, 1.807) is 6.26 Å². The van der Waals surface area contributed by atoms with Gasteiger partial charge in [-0.1, -0.05) is 30.3 Å². The van der Waals surface area contributed by atoms with Crippen LogP contribution in [0.1, 0.15) is 33.3 Å². The fraction of sp³-hybridized carbons (Fsp3) is 0.368. The highest BCUT2D eigenvalue weighted by Crippen LogP contribution is 2.38. The molecule has 128 valence electrons. The van der Waals surface area contributed by atoms with Crippen LogP contribution in [0.2, 0.25) is 0 Å². The highest BCUT2D eigenvalue weighted by molar-refractivity contribution is 6.82. The Labute approximate surface area is 150 Å². The van der Waals surface area contributed by atoms with E-state index in [9.17, 15) is 0 Å². The molecule has 1 aromatic heterocycles. The van der Waals surface area contributed by atoms with Gasteiger partial charge in [-0.15, -0.1) is 0 Å². The zero-order chi connectivity index (χ0) is 17.7. The maximum atomic E-state index is 6.23. The minimum absolute atomic E-state index is 0.0314. The van der Waals surface area contributed by atoms with Crippen LogP contribution in [0, 0.1) is 0 Å². The van der Waals surface area contributed by atoms with Gasteiger partial charge >= 0.3 is 14.0 Å². The molecule has 4 rings (SSSR count). The van der Waals surface area contributed by atoms with E-state index in [1.807, 2.05) is 12.1 Å². The lowest BCUT2D eigenvalue weighted by atomic mass is 9.54. The van der Waals surface area contributed by atoms with Gasteiger partial charge in [0.2, 0.25) is 0 Å². The monoisotopic (exact) mass is 335 g/mol. The number of anilines is 1. The summed E-state index contributed by atoms with van der Waals surface area (Å²) in [6, 6.07) is 12.3. The average molecular weight is 335 g/mol. The summed E-state index contributed by atoms with van der Waals surface area (Å²) in [7, 11) is -0.290. The van der Waals surface area contributed by atoms with E-state index in [4.69, 9.17) is 13.7 Å². The number of fused-ring (bicyclic) bond motifs is 1. The minimum atomic E-state index is -0.330. The highest BCUT2D eigenvalue weighted by Gasteiger charge is 2.52. The number of benzene rings is 1. The largest absolute Gasteiger partial charge is 0.477 e. The molecule has 2 aliphatic heterocycles. The Morgan fingerprint density at radius 3 is 2.36 bits per heavy atom. The van der Waals surface area contributed by atoms with Gasteiger partial charge in [-0.25, -0.2) is 0 Å². The fourth-order valence-corrected chi connectivity index (χ4v) is 3.46. The third-order valence-corrected chi connectivity index (χ3v) is 5.52. The lowest BCUT2D eigenvalue weighted by Crippen LogP contribution is -2.53. The molecular formula is C19H23B2NO3. The molecule has 0 amide bonds. The van der Waals surface area contributed by atoms with Crippen LogP contribution in [0.3, 0.4) is 0 Å². The van der Waals surface area contributed by atoms with Crippen LogP contribution in [0.5, 0.6) is 0 Å². The number of furan rings is 1. The lowest BCUT2D eigenvalue weighted by molar-refractivity contribution is 0.00578. The van der Waals surface area contributed by atoms with Crippen molar-refractivity contribution in [3.8, 4) is 0 Å². The highest BCUT2D eigenvalue weighted by atomic mass is 16.7. The molecule has 0 aliphatic carbocycles. The van der Waals surface area contributed by atoms with Crippen LogP contribution in [0.25, 0.3) is 6.08 Å². The Morgan fingerprint density at radius 2 is 1.68 bits per heavy atom. The van der Waals surface area contributed by atoms with E-state index in [2.05, 4.69) is 68.8 Å². The Morgan fingerprint density at radius 1 is 0.960 bits per heavy atom. The maximum absolute atomic E-state index is 6.23. The predicted octanol–water partition coefficient (Wildman–Crippen LogP) is 3.18. The van der Waals surface area contributed by atoms with Crippen molar-refractivity contribution in [2.75, 3.05) is 11.3 Å². The van der Waals surface area contributed by atoms with Gasteiger partial charge in [0.25, 0.3) is 0 Å². The minimum Gasteiger partial charge on any atom is -0.476 e. The first-order valence-corrected chi connectivity index (χ1v) is 8.80. The predicted molar refractivity (Wildman–Crippen MR) is 103 cm³/mol. The van der Waals surface area contributed by atoms with Gasteiger partial charge in [0.15, 0.2) is 0 Å². The van der Waals surface area contributed by atoms with Crippen LogP contribution < -0.4 is 10.5 Å². The third-order valence-electron chi connectivity index (χ3n) is 5.52. The average Bonchev–Trinajstić information content (AvgIpc) is 3.14. The third kappa shape index (κ3) is 2.83. The Hall–Kier alpha value is -1.91. The number of para-hydroxylation sites is 1. The molecule has 1 saturated heterocycles. The number of hydrogen-bond donors (Lipinski definition) is 0. The second kappa shape index (κ2) is 5.82. The van der Waals surface area contributed by atoms with Gasteiger partial charge in [-0.05, 0) is 51.5 Å². The second-order valence-corrected chi connectivity index (χ2v) is 7.72. The van der Waals surface area contributed by atoms with E-state index < -0.39 is 0 Å². The van der Waals surface area contributed by atoms with Crippen molar-refractivity contribution in [3.63, 3.8) is 0 Å². The summed E-state index contributed by atoms with van der Waals surface area (Å²) in [5.74, 6) is 2.17. The molecule has 0 atom stereocenters. The Kier molecular flexibility index (Phi) is 3.85. The summed E-state index contributed by atoms with van der Waals surface area (Å²) < 4.78 is 18.1. The number of rotatable bonds is 3. The van der Waals surface area contributed by atoms with E-state index in [0.29, 0.717) is 6.44 Å². The van der Waals surface area contributed by atoms with Gasteiger partial charge in [0.05, 0.1) is 23.1 Å². The Bertz CT molecular complexity index is 770. The van der Waals surface area contributed by atoms with E-state index in [1.165, 1.54) is 11.3 Å². The molecule has 0 radical (unpaired) electrons. The molecule has 3 heterocycles. The normalized spacial score (nSPS) is 20.9. The van der Waals surface area contributed by atoms with E-state index in [0.717, 1.165) is 5.66 Å². The summed E-state index contributed by atoms with van der Waals surface area (Å²) in [5.41, 5.74) is 2.62. The molecule has 1 fully saturated rings. The zero-order valence-corrected chi connectivity index (χ0v) is 15.2. The summed E-state index contributed by atoms with van der Waals surface area (Å²) in [6.45, 7) is 8.37. The van der Waals surface area contributed by atoms with Crippen molar-refractivity contribution >= 4 is 31.4 Å². The first kappa shape index (κ1) is 16.6. The summed E-state index contributed by atoms with van der Waals surface area (Å²) >= 11 is 0. The molecule has 0 unspecified atom stereocenters. The van der Waals surface area contributed by atoms with Crippen molar-refractivity contribution in [2.45, 2.75) is 38.9 Å². The Balaban J connectivity index is 1.66. The molecule has 1 aromatic carbocycles. The molecule has 0 bridgehead atoms. The standard InChI is InChI=1S/C19H23B2NO3/c1-18(2)19(3,4)25-21(24-18)14-22-16-9-6-5-8-15(16)11-12-20(22)17-10-7-13-23-17/h5-13H,14H2,1-4H3.